The van der Waals surface area contributed by atoms with Crippen molar-refractivity contribution in [1.29, 1.82) is 0 Å². The second kappa shape index (κ2) is 5.49. The summed E-state index contributed by atoms with van der Waals surface area (Å²) in [6, 6.07) is 3.10. The molecule has 0 atom stereocenters. The molecule has 0 unspecified atom stereocenters. The third-order valence-corrected chi connectivity index (χ3v) is 3.13. The third kappa shape index (κ3) is 3.81. The number of aliphatic carboxylic acids is 1. The predicted molar refractivity (Wildman–Crippen MR) is 61.1 cm³/mol. The Balaban J connectivity index is 2.66. The predicted octanol–water partition coefficient (Wildman–Crippen LogP) is 3.27. The van der Waals surface area contributed by atoms with Gasteiger partial charge in [0.25, 0.3) is 0 Å². The van der Waals surface area contributed by atoms with Crippen molar-refractivity contribution in [2.75, 3.05) is 5.75 Å². The molecule has 1 aromatic rings. The van der Waals surface area contributed by atoms with Gasteiger partial charge in [-0.25, -0.2) is 0 Å². The van der Waals surface area contributed by atoms with Gasteiger partial charge in [0.1, 0.15) is 0 Å². The van der Waals surface area contributed by atoms with E-state index in [4.69, 9.17) is 28.3 Å². The number of thioether (sulfide) groups is 1. The van der Waals surface area contributed by atoms with Crippen molar-refractivity contribution in [3.8, 4) is 5.75 Å². The maximum atomic E-state index is 10.3. The van der Waals surface area contributed by atoms with E-state index in [1.54, 1.807) is 12.1 Å². The summed E-state index contributed by atoms with van der Waals surface area (Å²) in [7, 11) is 0. The second-order valence-corrected chi connectivity index (χ2v) is 4.71. The van der Waals surface area contributed by atoms with Gasteiger partial charge in [-0.1, -0.05) is 23.2 Å². The van der Waals surface area contributed by atoms with Crippen LogP contribution in [-0.4, -0.2) is 21.9 Å². The zero-order chi connectivity index (χ0) is 11.4. The number of carboxylic acids is 1. The smallest absolute Gasteiger partial charge is 0.304 e. The Labute approximate surface area is 101 Å². The Bertz CT molecular complexity index is 359. The number of hydrogen-bond acceptors (Lipinski definition) is 3. The molecule has 1 rings (SSSR count). The van der Waals surface area contributed by atoms with Crippen LogP contribution in [0.25, 0.3) is 0 Å². The molecule has 1 aromatic carbocycles. The summed E-state index contributed by atoms with van der Waals surface area (Å²) in [5.41, 5.74) is 0. The van der Waals surface area contributed by atoms with E-state index in [0.717, 1.165) is 4.90 Å². The summed E-state index contributed by atoms with van der Waals surface area (Å²) in [6.07, 6.45) is 0.0702. The van der Waals surface area contributed by atoms with Crippen molar-refractivity contribution in [3.05, 3.63) is 22.2 Å². The molecule has 0 amide bonds. The first-order valence-electron chi connectivity index (χ1n) is 4.03. The molecular formula is C9H8Cl2O3S. The monoisotopic (exact) mass is 266 g/mol. The van der Waals surface area contributed by atoms with Gasteiger partial charge in [-0.2, -0.15) is 0 Å². The summed E-state index contributed by atoms with van der Waals surface area (Å²) in [6.45, 7) is 0. The number of rotatable bonds is 4. The standard InChI is InChI=1S/C9H8Cl2O3S/c10-6-3-5(4-7(11)9(6)14)15-2-1-8(12)13/h3-4,14H,1-2H2,(H,12,13). The Hall–Kier alpha value is -0.580. The van der Waals surface area contributed by atoms with Crippen LogP contribution in [0.5, 0.6) is 5.75 Å². The van der Waals surface area contributed by atoms with Crippen molar-refractivity contribution in [2.24, 2.45) is 0 Å². The first-order valence-corrected chi connectivity index (χ1v) is 5.77. The quantitative estimate of drug-likeness (QED) is 0.822. The molecule has 0 aromatic heterocycles. The number of phenolic OH excluding ortho intramolecular Hbond substituents is 1. The Kier molecular flexibility index (Phi) is 4.57. The van der Waals surface area contributed by atoms with Gasteiger partial charge in [-0.05, 0) is 12.1 Å². The van der Waals surface area contributed by atoms with E-state index in [1.807, 2.05) is 0 Å². The van der Waals surface area contributed by atoms with E-state index in [-0.39, 0.29) is 22.2 Å². The normalized spacial score (nSPS) is 10.3. The number of phenols is 1. The van der Waals surface area contributed by atoms with Gasteiger partial charge in [0.2, 0.25) is 0 Å². The van der Waals surface area contributed by atoms with Crippen LogP contribution >= 0.6 is 35.0 Å². The fraction of sp³-hybridized carbons (Fsp3) is 0.222. The maximum absolute atomic E-state index is 10.3. The van der Waals surface area contributed by atoms with Gasteiger partial charge >= 0.3 is 5.97 Å². The van der Waals surface area contributed by atoms with E-state index >= 15 is 0 Å². The minimum atomic E-state index is -0.849. The van der Waals surface area contributed by atoms with E-state index in [2.05, 4.69) is 0 Å². The zero-order valence-corrected chi connectivity index (χ0v) is 9.86. The van der Waals surface area contributed by atoms with Crippen molar-refractivity contribution in [3.63, 3.8) is 0 Å². The molecule has 0 bridgehead atoms. The van der Waals surface area contributed by atoms with Crippen LogP contribution in [0.3, 0.4) is 0 Å². The first kappa shape index (κ1) is 12.5. The van der Waals surface area contributed by atoms with Crippen molar-refractivity contribution in [2.45, 2.75) is 11.3 Å². The molecule has 0 heterocycles. The molecule has 3 nitrogen and oxygen atoms in total. The van der Waals surface area contributed by atoms with E-state index in [1.165, 1.54) is 11.8 Å². The molecule has 0 spiro atoms. The van der Waals surface area contributed by atoms with E-state index in [0.29, 0.717) is 5.75 Å². The molecule has 0 radical (unpaired) electrons. The van der Waals surface area contributed by atoms with Crippen LogP contribution in [-0.2, 0) is 4.79 Å². The number of carbonyl (C=O) groups is 1. The Morgan fingerprint density at radius 2 is 1.87 bits per heavy atom. The van der Waals surface area contributed by atoms with Gasteiger partial charge in [0.15, 0.2) is 5.75 Å². The molecule has 0 aliphatic heterocycles. The number of halogens is 2. The lowest BCUT2D eigenvalue weighted by Gasteiger charge is -2.04. The highest BCUT2D eigenvalue weighted by Gasteiger charge is 2.07. The fourth-order valence-corrected chi connectivity index (χ4v) is 2.41. The Morgan fingerprint density at radius 1 is 1.33 bits per heavy atom. The average Bonchev–Trinajstić information content (AvgIpc) is 2.13. The highest BCUT2D eigenvalue weighted by Crippen LogP contribution is 2.36. The molecule has 6 heteroatoms. The van der Waals surface area contributed by atoms with Crippen LogP contribution < -0.4 is 0 Å². The summed E-state index contributed by atoms with van der Waals surface area (Å²) < 4.78 is 0. The van der Waals surface area contributed by atoms with Crippen LogP contribution in [0, 0.1) is 0 Å². The molecule has 2 N–H and O–H groups in total. The Morgan fingerprint density at radius 3 is 2.33 bits per heavy atom. The van der Waals surface area contributed by atoms with Crippen LogP contribution in [0.4, 0.5) is 0 Å². The number of hydrogen-bond donors (Lipinski definition) is 2. The lowest BCUT2D eigenvalue weighted by molar-refractivity contribution is -0.136. The molecule has 82 valence electrons. The first-order chi connectivity index (χ1) is 7.00. The lowest BCUT2D eigenvalue weighted by atomic mass is 10.3. The van der Waals surface area contributed by atoms with Gasteiger partial charge in [0, 0.05) is 10.6 Å². The van der Waals surface area contributed by atoms with Crippen LogP contribution in [0.1, 0.15) is 6.42 Å². The van der Waals surface area contributed by atoms with Crippen LogP contribution in [0.2, 0.25) is 10.0 Å². The van der Waals surface area contributed by atoms with Gasteiger partial charge in [-0.3, -0.25) is 4.79 Å². The summed E-state index contributed by atoms with van der Waals surface area (Å²) >= 11 is 12.7. The fourth-order valence-electron chi connectivity index (χ4n) is 0.882. The van der Waals surface area contributed by atoms with Crippen LogP contribution in [0.15, 0.2) is 17.0 Å². The van der Waals surface area contributed by atoms with Crippen molar-refractivity contribution >= 4 is 40.9 Å². The molecule has 0 saturated heterocycles. The van der Waals surface area contributed by atoms with Gasteiger partial charge < -0.3 is 10.2 Å². The van der Waals surface area contributed by atoms with E-state index < -0.39 is 5.97 Å². The molecule has 0 aliphatic rings. The minimum absolute atomic E-state index is 0.0702. The largest absolute Gasteiger partial charge is 0.505 e. The number of carboxylic acid groups (broad SMARTS) is 1. The van der Waals surface area contributed by atoms with Gasteiger partial charge in [0.05, 0.1) is 16.5 Å². The van der Waals surface area contributed by atoms with Crippen molar-refractivity contribution < 1.29 is 15.0 Å². The summed E-state index contributed by atoms with van der Waals surface area (Å²) in [4.78, 5) is 11.0. The third-order valence-electron chi connectivity index (χ3n) is 1.58. The average molecular weight is 267 g/mol. The second-order valence-electron chi connectivity index (χ2n) is 2.73. The number of aromatic hydroxyl groups is 1. The topological polar surface area (TPSA) is 57.5 Å². The van der Waals surface area contributed by atoms with Gasteiger partial charge in [-0.15, -0.1) is 11.8 Å². The SMILES string of the molecule is O=C(O)CCSc1cc(Cl)c(O)c(Cl)c1. The number of benzene rings is 1. The summed E-state index contributed by atoms with van der Waals surface area (Å²) in [5, 5.41) is 18.1. The zero-order valence-electron chi connectivity index (χ0n) is 7.54. The maximum Gasteiger partial charge on any atom is 0.304 e. The molecule has 0 fully saturated rings. The highest BCUT2D eigenvalue weighted by atomic mass is 35.5. The molecule has 0 saturated carbocycles. The lowest BCUT2D eigenvalue weighted by Crippen LogP contribution is -1.95. The molecular weight excluding hydrogens is 259 g/mol. The molecule has 0 aliphatic carbocycles. The van der Waals surface area contributed by atoms with Crippen molar-refractivity contribution in [1.82, 2.24) is 0 Å². The summed E-state index contributed by atoms with van der Waals surface area (Å²) in [5.74, 6) is -0.563. The van der Waals surface area contributed by atoms with E-state index in [9.17, 15) is 9.90 Å². The molecule has 15 heavy (non-hydrogen) atoms. The minimum Gasteiger partial charge on any atom is -0.505 e. The highest BCUT2D eigenvalue weighted by molar-refractivity contribution is 7.99.